The van der Waals surface area contributed by atoms with Crippen LogP contribution in [0.5, 0.6) is 0 Å². The van der Waals surface area contributed by atoms with Crippen LogP contribution in [0.15, 0.2) is 59.6 Å². The molecule has 0 aliphatic rings. The van der Waals surface area contributed by atoms with Crippen molar-refractivity contribution in [2.24, 2.45) is 4.99 Å². The van der Waals surface area contributed by atoms with Gasteiger partial charge in [-0.1, -0.05) is 50.6 Å². The maximum Gasteiger partial charge on any atom is 0.0631 e. The summed E-state index contributed by atoms with van der Waals surface area (Å²) in [6, 6.07) is 17.5. The Bertz CT molecular complexity index is 458. The van der Waals surface area contributed by atoms with Crippen LogP contribution in [-0.2, 0) is 0 Å². The van der Waals surface area contributed by atoms with Gasteiger partial charge >= 0.3 is 0 Å². The van der Waals surface area contributed by atoms with Gasteiger partial charge in [0.2, 0.25) is 0 Å². The molecule has 94 valence electrons. The van der Waals surface area contributed by atoms with E-state index in [-0.39, 0.29) is 0 Å². The summed E-state index contributed by atoms with van der Waals surface area (Å²) in [5, 5.41) is 0. The molecule has 0 bridgehead atoms. The van der Waals surface area contributed by atoms with Crippen LogP contribution in [0.1, 0.15) is 25.8 Å². The fraction of sp³-hybridized carbons (Fsp3) is 0.188. The minimum atomic E-state index is 0.758. The van der Waals surface area contributed by atoms with Gasteiger partial charge in [0.15, 0.2) is 0 Å². The number of nitrogens with zero attached hydrogens (tertiary/aromatic N) is 1. The third-order valence-corrected chi connectivity index (χ3v) is 2.06. The van der Waals surface area contributed by atoms with Gasteiger partial charge in [0.1, 0.15) is 0 Å². The van der Waals surface area contributed by atoms with Gasteiger partial charge in [0.05, 0.1) is 5.69 Å². The molecule has 18 heavy (non-hydrogen) atoms. The van der Waals surface area contributed by atoms with Crippen LogP contribution in [-0.4, -0.2) is 6.21 Å². The quantitative estimate of drug-likeness (QED) is 0.611. The average Bonchev–Trinajstić information content (AvgIpc) is 2.40. The molecule has 0 fully saturated rings. The molecule has 0 saturated carbocycles. The molecule has 0 spiro atoms. The van der Waals surface area contributed by atoms with Crippen molar-refractivity contribution in [1.82, 2.24) is 0 Å². The van der Waals surface area contributed by atoms with E-state index in [0.29, 0.717) is 0 Å². The molecule has 0 amide bonds. The largest absolute Gasteiger partial charge is 0.399 e. The van der Waals surface area contributed by atoms with Crippen molar-refractivity contribution >= 4 is 17.6 Å². The summed E-state index contributed by atoms with van der Waals surface area (Å²) in [6.07, 6.45) is 3.09. The number of hydrogen-bond acceptors (Lipinski definition) is 2. The van der Waals surface area contributed by atoms with E-state index >= 15 is 0 Å². The highest BCUT2D eigenvalue weighted by molar-refractivity contribution is 5.81. The van der Waals surface area contributed by atoms with Gasteiger partial charge in [-0.15, -0.1) is 0 Å². The lowest BCUT2D eigenvalue weighted by Gasteiger charge is -1.94. The van der Waals surface area contributed by atoms with Crippen molar-refractivity contribution < 1.29 is 0 Å². The fourth-order valence-electron chi connectivity index (χ4n) is 1.25. The second-order valence-electron chi connectivity index (χ2n) is 3.97. The lowest BCUT2D eigenvalue weighted by atomic mass is 10.2. The summed E-state index contributed by atoms with van der Waals surface area (Å²) in [7, 11) is 0. The van der Waals surface area contributed by atoms with Crippen LogP contribution in [0.3, 0.4) is 0 Å². The van der Waals surface area contributed by atoms with Crippen LogP contribution in [0.2, 0.25) is 0 Å². The van der Waals surface area contributed by atoms with E-state index in [1.54, 1.807) is 0 Å². The van der Waals surface area contributed by atoms with E-state index in [1.807, 2.05) is 60.8 Å². The van der Waals surface area contributed by atoms with Crippen molar-refractivity contribution in [2.75, 3.05) is 5.73 Å². The topological polar surface area (TPSA) is 38.4 Å². The second kappa shape index (κ2) is 8.07. The Morgan fingerprint density at radius 1 is 0.944 bits per heavy atom. The van der Waals surface area contributed by atoms with E-state index < -0.39 is 0 Å². The van der Waals surface area contributed by atoms with Crippen molar-refractivity contribution in [1.29, 1.82) is 0 Å². The third-order valence-electron chi connectivity index (χ3n) is 2.06. The molecular weight excluding hydrogens is 220 g/mol. The van der Waals surface area contributed by atoms with E-state index in [0.717, 1.165) is 16.9 Å². The number of nitrogen functional groups attached to an aromatic ring is 1. The minimum Gasteiger partial charge on any atom is -0.399 e. The molecule has 2 rings (SSSR count). The summed E-state index contributed by atoms with van der Waals surface area (Å²) >= 11 is 0. The molecule has 0 unspecified atom stereocenters. The maximum atomic E-state index is 5.58. The van der Waals surface area contributed by atoms with Crippen LogP contribution >= 0.6 is 0 Å². The molecule has 0 aliphatic heterocycles. The molecule has 0 radical (unpaired) electrons. The first kappa shape index (κ1) is 14.0. The number of benzene rings is 2. The van der Waals surface area contributed by atoms with Gasteiger partial charge in [-0.05, 0) is 29.8 Å². The van der Waals surface area contributed by atoms with Gasteiger partial charge in [-0.2, -0.15) is 0 Å². The Hall–Kier alpha value is -2.09. The van der Waals surface area contributed by atoms with E-state index in [1.165, 1.54) is 6.42 Å². The van der Waals surface area contributed by atoms with E-state index in [4.69, 9.17) is 5.73 Å². The standard InChI is InChI=1S/C13H12N2.C3H8/c14-12-6-8-13(9-7-12)15-10-11-4-2-1-3-5-11;1-3-2/h1-10H,14H2;3H2,1-2H3. The maximum absolute atomic E-state index is 5.58. The van der Waals surface area contributed by atoms with Gasteiger partial charge in [0.25, 0.3) is 0 Å². The van der Waals surface area contributed by atoms with Crippen LogP contribution < -0.4 is 5.73 Å². The Balaban J connectivity index is 0.000000492. The van der Waals surface area contributed by atoms with Gasteiger partial charge in [0, 0.05) is 11.9 Å². The first-order valence-electron chi connectivity index (χ1n) is 6.21. The smallest absolute Gasteiger partial charge is 0.0631 e. The Kier molecular flexibility index (Phi) is 6.26. The SMILES string of the molecule is CCC.Nc1ccc(N=Cc2ccccc2)cc1. The minimum absolute atomic E-state index is 0.758. The molecule has 0 saturated heterocycles. The van der Waals surface area contributed by atoms with Crippen molar-refractivity contribution in [3.05, 3.63) is 60.2 Å². The van der Waals surface area contributed by atoms with Crippen LogP contribution in [0.25, 0.3) is 0 Å². The summed E-state index contributed by atoms with van der Waals surface area (Å²) in [6.45, 7) is 4.25. The van der Waals surface area contributed by atoms with Gasteiger partial charge in [-0.25, -0.2) is 0 Å². The van der Waals surface area contributed by atoms with E-state index in [9.17, 15) is 0 Å². The van der Waals surface area contributed by atoms with Gasteiger partial charge in [-0.3, -0.25) is 4.99 Å². The Morgan fingerprint density at radius 3 is 2.06 bits per heavy atom. The number of anilines is 1. The first-order chi connectivity index (χ1) is 8.76. The molecule has 2 aromatic rings. The zero-order chi connectivity index (χ0) is 13.2. The molecule has 0 atom stereocenters. The van der Waals surface area contributed by atoms with Crippen molar-refractivity contribution in [3.63, 3.8) is 0 Å². The highest BCUT2D eigenvalue weighted by Crippen LogP contribution is 2.13. The Labute approximate surface area is 109 Å². The number of aliphatic imine (C=N–C) groups is 1. The molecule has 0 aromatic heterocycles. The molecule has 2 aromatic carbocycles. The summed E-state index contributed by atoms with van der Waals surface area (Å²) in [5.41, 5.74) is 8.34. The molecule has 0 aliphatic carbocycles. The van der Waals surface area contributed by atoms with Crippen LogP contribution in [0, 0.1) is 0 Å². The third kappa shape index (κ3) is 5.30. The van der Waals surface area contributed by atoms with Crippen molar-refractivity contribution in [2.45, 2.75) is 20.3 Å². The predicted octanol–water partition coefficient (Wildman–Crippen LogP) is 4.44. The summed E-state index contributed by atoms with van der Waals surface area (Å²) < 4.78 is 0. The number of hydrogen-bond donors (Lipinski definition) is 1. The lowest BCUT2D eigenvalue weighted by molar-refractivity contribution is 1.09. The second-order valence-corrected chi connectivity index (χ2v) is 3.97. The zero-order valence-corrected chi connectivity index (χ0v) is 11.0. The highest BCUT2D eigenvalue weighted by Gasteiger charge is 1.88. The van der Waals surface area contributed by atoms with E-state index in [2.05, 4.69) is 18.8 Å². The molecular formula is C16H20N2. The summed E-state index contributed by atoms with van der Waals surface area (Å²) in [5.74, 6) is 0. The molecule has 2 heteroatoms. The normalized spacial score (nSPS) is 9.89. The number of rotatable bonds is 2. The molecule has 2 nitrogen and oxygen atoms in total. The van der Waals surface area contributed by atoms with Crippen LogP contribution in [0.4, 0.5) is 11.4 Å². The van der Waals surface area contributed by atoms with Gasteiger partial charge < -0.3 is 5.73 Å². The fourth-order valence-corrected chi connectivity index (χ4v) is 1.25. The predicted molar refractivity (Wildman–Crippen MR) is 80.5 cm³/mol. The zero-order valence-electron chi connectivity index (χ0n) is 11.0. The average molecular weight is 240 g/mol. The molecule has 0 heterocycles. The summed E-state index contributed by atoms with van der Waals surface area (Å²) in [4.78, 5) is 4.34. The molecule has 2 N–H and O–H groups in total. The van der Waals surface area contributed by atoms with Crippen molar-refractivity contribution in [3.8, 4) is 0 Å². The lowest BCUT2D eigenvalue weighted by Crippen LogP contribution is -1.82. The number of nitrogens with two attached hydrogens (primary N) is 1. The highest BCUT2D eigenvalue weighted by atomic mass is 14.7. The first-order valence-corrected chi connectivity index (χ1v) is 6.21. The Morgan fingerprint density at radius 2 is 1.50 bits per heavy atom. The monoisotopic (exact) mass is 240 g/mol.